The molecule has 0 aliphatic carbocycles. The van der Waals surface area contributed by atoms with Gasteiger partial charge in [-0.1, -0.05) is 0 Å². The maximum absolute atomic E-state index is 11.1. The summed E-state index contributed by atoms with van der Waals surface area (Å²) in [5, 5.41) is 20.2. The molecule has 3 rings (SSSR count). The minimum absolute atomic E-state index is 0.00156. The van der Waals surface area contributed by atoms with Crippen LogP contribution in [0, 0.1) is 6.92 Å². The monoisotopic (exact) mass is 310 g/mol. The number of aromatic amines is 1. The highest BCUT2D eigenvalue weighted by molar-refractivity contribution is 6.28. The van der Waals surface area contributed by atoms with Crippen LogP contribution in [0.2, 0.25) is 5.28 Å². The van der Waals surface area contributed by atoms with Crippen LogP contribution in [-0.4, -0.2) is 55.4 Å². The first-order chi connectivity index (χ1) is 10.0. The molecule has 0 unspecified atom stereocenters. The van der Waals surface area contributed by atoms with E-state index < -0.39 is 6.09 Å². The lowest BCUT2D eigenvalue weighted by Gasteiger charge is -2.31. The number of H-pyrrole nitrogens is 1. The highest BCUT2D eigenvalue weighted by atomic mass is 35.5. The summed E-state index contributed by atoms with van der Waals surface area (Å²) in [6.45, 7) is 2.87. The summed E-state index contributed by atoms with van der Waals surface area (Å²) in [5.74, 6) is 0.591. The SMILES string of the molecule is Cc1[nH]nc2nc(Cl)nc(N[C@@H]3CCCN(C(=O)O)C3)c12. The summed E-state index contributed by atoms with van der Waals surface area (Å²) < 4.78 is 0. The van der Waals surface area contributed by atoms with E-state index in [-0.39, 0.29) is 11.3 Å². The topological polar surface area (TPSA) is 107 Å². The van der Waals surface area contributed by atoms with E-state index in [1.165, 1.54) is 4.90 Å². The number of fused-ring (bicyclic) bond motifs is 1. The van der Waals surface area contributed by atoms with Gasteiger partial charge >= 0.3 is 6.09 Å². The number of hydrogen-bond donors (Lipinski definition) is 3. The second-order valence-electron chi connectivity index (χ2n) is 5.10. The zero-order chi connectivity index (χ0) is 15.0. The van der Waals surface area contributed by atoms with Gasteiger partial charge in [0.25, 0.3) is 0 Å². The Hall–Kier alpha value is -2.09. The average Bonchev–Trinajstić information content (AvgIpc) is 2.80. The highest BCUT2D eigenvalue weighted by Gasteiger charge is 2.24. The maximum Gasteiger partial charge on any atom is 0.407 e. The van der Waals surface area contributed by atoms with Crippen molar-refractivity contribution in [2.24, 2.45) is 0 Å². The first-order valence-corrected chi connectivity index (χ1v) is 7.05. The Morgan fingerprint density at radius 3 is 3.10 bits per heavy atom. The van der Waals surface area contributed by atoms with Gasteiger partial charge in [-0.25, -0.2) is 4.79 Å². The van der Waals surface area contributed by atoms with Crippen LogP contribution >= 0.6 is 11.6 Å². The number of rotatable bonds is 2. The van der Waals surface area contributed by atoms with Crippen molar-refractivity contribution in [1.82, 2.24) is 25.1 Å². The van der Waals surface area contributed by atoms with E-state index in [2.05, 4.69) is 25.5 Å². The fourth-order valence-electron chi connectivity index (χ4n) is 2.61. The Kier molecular flexibility index (Phi) is 3.54. The maximum atomic E-state index is 11.1. The molecule has 21 heavy (non-hydrogen) atoms. The fraction of sp³-hybridized carbons (Fsp3) is 0.500. The minimum Gasteiger partial charge on any atom is -0.465 e. The zero-order valence-corrected chi connectivity index (χ0v) is 12.2. The van der Waals surface area contributed by atoms with E-state index in [1.807, 2.05) is 6.92 Å². The molecule has 1 amide bonds. The molecule has 3 heterocycles. The van der Waals surface area contributed by atoms with E-state index >= 15 is 0 Å². The Bertz CT molecular complexity index is 688. The van der Waals surface area contributed by atoms with Gasteiger partial charge in [0, 0.05) is 24.8 Å². The molecule has 1 saturated heterocycles. The number of nitrogens with zero attached hydrogens (tertiary/aromatic N) is 4. The number of carbonyl (C=O) groups is 1. The fourth-order valence-corrected chi connectivity index (χ4v) is 2.77. The van der Waals surface area contributed by atoms with Crippen LogP contribution in [0.25, 0.3) is 11.0 Å². The molecule has 2 aromatic heterocycles. The number of likely N-dealkylation sites (tertiary alicyclic amines) is 1. The van der Waals surface area contributed by atoms with Crippen molar-refractivity contribution in [2.75, 3.05) is 18.4 Å². The molecule has 3 N–H and O–H groups in total. The van der Waals surface area contributed by atoms with Gasteiger partial charge in [-0.2, -0.15) is 15.1 Å². The summed E-state index contributed by atoms with van der Waals surface area (Å²) in [6, 6.07) is -0.00156. The number of carboxylic acid groups (broad SMARTS) is 1. The number of anilines is 1. The van der Waals surface area contributed by atoms with Crippen molar-refractivity contribution in [1.29, 1.82) is 0 Å². The first-order valence-electron chi connectivity index (χ1n) is 6.67. The largest absolute Gasteiger partial charge is 0.465 e. The zero-order valence-electron chi connectivity index (χ0n) is 11.4. The van der Waals surface area contributed by atoms with Crippen molar-refractivity contribution in [3.63, 3.8) is 0 Å². The predicted molar refractivity (Wildman–Crippen MR) is 77.7 cm³/mol. The van der Waals surface area contributed by atoms with Gasteiger partial charge < -0.3 is 15.3 Å². The third kappa shape index (κ3) is 2.71. The molecule has 0 spiro atoms. The van der Waals surface area contributed by atoms with Crippen molar-refractivity contribution in [3.05, 3.63) is 11.0 Å². The van der Waals surface area contributed by atoms with Gasteiger partial charge in [-0.3, -0.25) is 5.10 Å². The molecule has 9 heteroatoms. The van der Waals surface area contributed by atoms with Crippen LogP contribution in [0.1, 0.15) is 18.5 Å². The lowest BCUT2D eigenvalue weighted by molar-refractivity contribution is 0.133. The van der Waals surface area contributed by atoms with E-state index in [9.17, 15) is 4.79 Å². The summed E-state index contributed by atoms with van der Waals surface area (Å²) in [6.07, 6.45) is 0.798. The molecule has 0 bridgehead atoms. The molecule has 1 aliphatic rings. The molecule has 1 fully saturated rings. The summed E-state index contributed by atoms with van der Waals surface area (Å²) in [5.41, 5.74) is 1.34. The molecule has 2 aromatic rings. The van der Waals surface area contributed by atoms with Crippen molar-refractivity contribution in [2.45, 2.75) is 25.8 Å². The Morgan fingerprint density at radius 2 is 2.33 bits per heavy atom. The minimum atomic E-state index is -0.896. The van der Waals surface area contributed by atoms with Crippen LogP contribution in [0.15, 0.2) is 0 Å². The number of nitrogens with one attached hydrogen (secondary N) is 2. The number of piperidine rings is 1. The van der Waals surface area contributed by atoms with Crippen LogP contribution in [0.3, 0.4) is 0 Å². The normalized spacial score (nSPS) is 19.0. The summed E-state index contributed by atoms with van der Waals surface area (Å²) >= 11 is 5.91. The highest BCUT2D eigenvalue weighted by Crippen LogP contribution is 2.25. The smallest absolute Gasteiger partial charge is 0.407 e. The molecule has 1 aliphatic heterocycles. The van der Waals surface area contributed by atoms with Gasteiger partial charge in [0.1, 0.15) is 5.82 Å². The van der Waals surface area contributed by atoms with Gasteiger partial charge in [0.2, 0.25) is 5.28 Å². The molecular weight excluding hydrogens is 296 g/mol. The van der Waals surface area contributed by atoms with E-state index in [0.29, 0.717) is 24.6 Å². The number of aromatic nitrogens is 4. The van der Waals surface area contributed by atoms with Crippen molar-refractivity contribution < 1.29 is 9.90 Å². The van der Waals surface area contributed by atoms with Gasteiger partial charge in [-0.05, 0) is 31.4 Å². The van der Waals surface area contributed by atoms with Crippen LogP contribution in [0.5, 0.6) is 0 Å². The van der Waals surface area contributed by atoms with Gasteiger partial charge in [-0.15, -0.1) is 0 Å². The summed E-state index contributed by atoms with van der Waals surface area (Å²) in [4.78, 5) is 20.8. The average molecular weight is 311 g/mol. The van der Waals surface area contributed by atoms with Crippen LogP contribution in [0.4, 0.5) is 10.6 Å². The van der Waals surface area contributed by atoms with E-state index in [4.69, 9.17) is 16.7 Å². The Balaban J connectivity index is 1.87. The third-order valence-corrected chi connectivity index (χ3v) is 3.77. The van der Waals surface area contributed by atoms with Crippen molar-refractivity contribution >= 4 is 34.5 Å². The van der Waals surface area contributed by atoms with Gasteiger partial charge in [0.15, 0.2) is 5.65 Å². The molecule has 0 aromatic carbocycles. The summed E-state index contributed by atoms with van der Waals surface area (Å²) in [7, 11) is 0. The Labute approximate surface area is 125 Å². The van der Waals surface area contributed by atoms with Crippen molar-refractivity contribution in [3.8, 4) is 0 Å². The number of amides is 1. The molecule has 8 nitrogen and oxygen atoms in total. The second-order valence-corrected chi connectivity index (χ2v) is 5.44. The lowest BCUT2D eigenvalue weighted by Crippen LogP contribution is -2.44. The van der Waals surface area contributed by atoms with Crippen LogP contribution in [-0.2, 0) is 0 Å². The van der Waals surface area contributed by atoms with E-state index in [0.717, 1.165) is 23.9 Å². The molecule has 1 atom stereocenters. The Morgan fingerprint density at radius 1 is 1.52 bits per heavy atom. The number of hydrogen-bond acceptors (Lipinski definition) is 5. The molecular formula is C12H15ClN6O2. The number of halogens is 1. The predicted octanol–water partition coefficient (Wildman–Crippen LogP) is 1.87. The standard InChI is InChI=1S/C12H15ClN6O2/c1-6-8-9(15-11(13)16-10(8)18-17-6)14-7-3-2-4-19(5-7)12(20)21/h7H,2-5H2,1H3,(H,20,21)(H2,14,15,16,17,18)/t7-/m1/s1. The molecule has 0 saturated carbocycles. The first kappa shape index (κ1) is 13.9. The molecule has 112 valence electrons. The third-order valence-electron chi connectivity index (χ3n) is 3.60. The number of aryl methyl sites for hydroxylation is 1. The lowest BCUT2D eigenvalue weighted by atomic mass is 10.1. The quantitative estimate of drug-likeness (QED) is 0.731. The second kappa shape index (κ2) is 5.36. The van der Waals surface area contributed by atoms with Gasteiger partial charge in [0.05, 0.1) is 5.39 Å². The van der Waals surface area contributed by atoms with Crippen LogP contribution < -0.4 is 5.32 Å². The van der Waals surface area contributed by atoms with E-state index in [1.54, 1.807) is 0 Å². The molecule has 0 radical (unpaired) electrons.